The molecule has 1 saturated heterocycles. The monoisotopic (exact) mass is 325 g/mol. The highest BCUT2D eigenvalue weighted by Gasteiger charge is 2.30. The minimum Gasteiger partial charge on any atom is -0.445 e. The van der Waals surface area contributed by atoms with Gasteiger partial charge in [0.25, 0.3) is 0 Å². The van der Waals surface area contributed by atoms with Gasteiger partial charge in [0.15, 0.2) is 5.78 Å². The van der Waals surface area contributed by atoms with Gasteiger partial charge in [-0.05, 0) is 5.56 Å². The molecule has 5 nitrogen and oxygen atoms in total. The van der Waals surface area contributed by atoms with E-state index < -0.39 is 12.2 Å². The van der Waals surface area contributed by atoms with Gasteiger partial charge in [-0.15, -0.1) is 0 Å². The zero-order valence-electron chi connectivity index (χ0n) is 13.3. The third-order valence-corrected chi connectivity index (χ3v) is 3.88. The molecule has 0 spiro atoms. The Labute approximate surface area is 140 Å². The van der Waals surface area contributed by atoms with Crippen LogP contribution in [-0.4, -0.2) is 42.6 Å². The third-order valence-electron chi connectivity index (χ3n) is 3.88. The fraction of sp³-hybridized carbons (Fsp3) is 0.263. The molecule has 0 saturated carbocycles. The molecule has 1 aliphatic heterocycles. The first kappa shape index (κ1) is 16.2. The van der Waals surface area contributed by atoms with E-state index >= 15 is 0 Å². The highest BCUT2D eigenvalue weighted by atomic mass is 16.6. The van der Waals surface area contributed by atoms with Crippen molar-refractivity contribution in [1.82, 2.24) is 4.90 Å². The van der Waals surface area contributed by atoms with Gasteiger partial charge in [0.1, 0.15) is 12.7 Å². The van der Waals surface area contributed by atoms with E-state index in [0.29, 0.717) is 18.7 Å². The van der Waals surface area contributed by atoms with Gasteiger partial charge in [-0.3, -0.25) is 4.79 Å². The number of hydrogen-bond acceptors (Lipinski definition) is 4. The van der Waals surface area contributed by atoms with Crippen LogP contribution in [0.2, 0.25) is 0 Å². The van der Waals surface area contributed by atoms with Crippen molar-refractivity contribution >= 4 is 11.9 Å². The first-order valence-corrected chi connectivity index (χ1v) is 7.90. The van der Waals surface area contributed by atoms with Crippen molar-refractivity contribution in [2.24, 2.45) is 0 Å². The Morgan fingerprint density at radius 1 is 1.04 bits per heavy atom. The number of amides is 1. The van der Waals surface area contributed by atoms with Crippen LogP contribution in [-0.2, 0) is 16.1 Å². The van der Waals surface area contributed by atoms with Crippen LogP contribution < -0.4 is 0 Å². The highest BCUT2D eigenvalue weighted by molar-refractivity contribution is 5.99. The van der Waals surface area contributed by atoms with Gasteiger partial charge in [0.2, 0.25) is 0 Å². The number of nitrogens with zero attached hydrogens (tertiary/aromatic N) is 1. The summed E-state index contributed by atoms with van der Waals surface area (Å²) < 4.78 is 10.9. The van der Waals surface area contributed by atoms with Crippen molar-refractivity contribution in [3.63, 3.8) is 0 Å². The number of carbonyl (C=O) groups excluding carboxylic acids is 2. The Balaban J connectivity index is 1.57. The molecule has 1 heterocycles. The summed E-state index contributed by atoms with van der Waals surface area (Å²) in [4.78, 5) is 26.2. The molecule has 124 valence electrons. The molecule has 2 aromatic rings. The van der Waals surface area contributed by atoms with E-state index in [-0.39, 0.29) is 18.9 Å². The summed E-state index contributed by atoms with van der Waals surface area (Å²) in [6.07, 6.45) is -1.07. The van der Waals surface area contributed by atoms with Crippen LogP contribution in [0.4, 0.5) is 4.79 Å². The molecular weight excluding hydrogens is 306 g/mol. The average Bonchev–Trinajstić information content (AvgIpc) is 2.67. The quantitative estimate of drug-likeness (QED) is 0.811. The van der Waals surface area contributed by atoms with Crippen molar-refractivity contribution in [2.75, 3.05) is 19.7 Å². The normalized spacial score (nSPS) is 17.3. The van der Waals surface area contributed by atoms with Crippen molar-refractivity contribution < 1.29 is 19.1 Å². The van der Waals surface area contributed by atoms with Crippen molar-refractivity contribution in [3.8, 4) is 0 Å². The van der Waals surface area contributed by atoms with Gasteiger partial charge in [0.05, 0.1) is 13.2 Å². The Morgan fingerprint density at radius 3 is 2.42 bits per heavy atom. The zero-order valence-corrected chi connectivity index (χ0v) is 13.3. The standard InChI is InChI=1S/C19H19NO4/c21-18(16-9-5-2-6-10-16)17-13-20(11-12-23-17)19(22)24-14-15-7-3-1-4-8-15/h1-10,17H,11-14H2. The molecule has 1 amide bonds. The molecule has 0 N–H and O–H groups in total. The second-order valence-corrected chi connectivity index (χ2v) is 5.58. The molecule has 1 aliphatic rings. The van der Waals surface area contributed by atoms with Gasteiger partial charge < -0.3 is 14.4 Å². The number of benzene rings is 2. The van der Waals surface area contributed by atoms with Crippen molar-refractivity contribution in [3.05, 3.63) is 71.8 Å². The van der Waals surface area contributed by atoms with Crippen LogP contribution >= 0.6 is 0 Å². The van der Waals surface area contributed by atoms with E-state index in [9.17, 15) is 9.59 Å². The van der Waals surface area contributed by atoms with Crippen LogP contribution in [0.25, 0.3) is 0 Å². The van der Waals surface area contributed by atoms with Crippen LogP contribution in [0.5, 0.6) is 0 Å². The van der Waals surface area contributed by atoms with E-state index in [4.69, 9.17) is 9.47 Å². The molecule has 0 aromatic heterocycles. The maximum absolute atomic E-state index is 12.4. The van der Waals surface area contributed by atoms with Gasteiger partial charge >= 0.3 is 6.09 Å². The van der Waals surface area contributed by atoms with Crippen LogP contribution in [0.3, 0.4) is 0 Å². The Bertz CT molecular complexity index is 687. The molecule has 0 aliphatic carbocycles. The number of ether oxygens (including phenoxy) is 2. The second-order valence-electron chi connectivity index (χ2n) is 5.58. The van der Waals surface area contributed by atoms with Crippen molar-refractivity contribution in [2.45, 2.75) is 12.7 Å². The molecular formula is C19H19NO4. The van der Waals surface area contributed by atoms with Crippen molar-refractivity contribution in [1.29, 1.82) is 0 Å². The lowest BCUT2D eigenvalue weighted by atomic mass is 10.1. The first-order chi connectivity index (χ1) is 11.7. The van der Waals surface area contributed by atoms with E-state index in [1.54, 1.807) is 12.1 Å². The summed E-state index contributed by atoms with van der Waals surface area (Å²) in [6, 6.07) is 18.5. The molecule has 1 unspecified atom stereocenters. The molecule has 3 rings (SSSR count). The first-order valence-electron chi connectivity index (χ1n) is 7.90. The Kier molecular flexibility index (Phi) is 5.23. The number of rotatable bonds is 4. The molecule has 0 radical (unpaired) electrons. The average molecular weight is 325 g/mol. The fourth-order valence-corrected chi connectivity index (χ4v) is 2.57. The fourth-order valence-electron chi connectivity index (χ4n) is 2.57. The molecule has 2 aromatic carbocycles. The van der Waals surface area contributed by atoms with E-state index in [2.05, 4.69) is 0 Å². The molecule has 0 bridgehead atoms. The number of Topliss-reactive ketones (excluding diaryl/α,β-unsaturated/α-hetero) is 1. The third kappa shape index (κ3) is 4.00. The SMILES string of the molecule is O=C(c1ccccc1)C1CN(C(=O)OCc2ccccc2)CCO1. The second kappa shape index (κ2) is 7.75. The maximum atomic E-state index is 12.4. The summed E-state index contributed by atoms with van der Waals surface area (Å²) >= 11 is 0. The van der Waals surface area contributed by atoms with E-state index in [1.807, 2.05) is 48.5 Å². The van der Waals surface area contributed by atoms with Crippen LogP contribution in [0, 0.1) is 0 Å². The lowest BCUT2D eigenvalue weighted by Crippen LogP contribution is -2.48. The number of carbonyl (C=O) groups is 2. The minimum atomic E-state index is -0.648. The molecule has 1 atom stereocenters. The topological polar surface area (TPSA) is 55.8 Å². The van der Waals surface area contributed by atoms with E-state index in [1.165, 1.54) is 4.90 Å². The van der Waals surface area contributed by atoms with Crippen LogP contribution in [0.1, 0.15) is 15.9 Å². The molecule has 24 heavy (non-hydrogen) atoms. The summed E-state index contributed by atoms with van der Waals surface area (Å²) in [5, 5.41) is 0. The predicted molar refractivity (Wildman–Crippen MR) is 88.7 cm³/mol. The highest BCUT2D eigenvalue weighted by Crippen LogP contribution is 2.13. The maximum Gasteiger partial charge on any atom is 0.410 e. The lowest BCUT2D eigenvalue weighted by Gasteiger charge is -2.31. The summed E-state index contributed by atoms with van der Waals surface area (Å²) in [5.74, 6) is -0.115. The number of morpholine rings is 1. The summed E-state index contributed by atoms with van der Waals surface area (Å²) in [5.41, 5.74) is 1.51. The number of hydrogen-bond donors (Lipinski definition) is 0. The smallest absolute Gasteiger partial charge is 0.410 e. The van der Waals surface area contributed by atoms with E-state index in [0.717, 1.165) is 5.56 Å². The van der Waals surface area contributed by atoms with Gasteiger partial charge in [-0.1, -0.05) is 60.7 Å². The summed E-state index contributed by atoms with van der Waals surface area (Å²) in [7, 11) is 0. The van der Waals surface area contributed by atoms with Crippen LogP contribution in [0.15, 0.2) is 60.7 Å². The van der Waals surface area contributed by atoms with Gasteiger partial charge in [0, 0.05) is 12.1 Å². The number of ketones is 1. The minimum absolute atomic E-state index is 0.115. The van der Waals surface area contributed by atoms with Gasteiger partial charge in [-0.25, -0.2) is 4.79 Å². The Morgan fingerprint density at radius 2 is 1.71 bits per heavy atom. The molecule has 1 fully saturated rings. The summed E-state index contributed by atoms with van der Waals surface area (Å²) in [6.45, 7) is 1.17. The Hall–Kier alpha value is -2.66. The molecule has 5 heteroatoms. The largest absolute Gasteiger partial charge is 0.445 e. The van der Waals surface area contributed by atoms with Gasteiger partial charge in [-0.2, -0.15) is 0 Å². The zero-order chi connectivity index (χ0) is 16.8. The predicted octanol–water partition coefficient (Wildman–Crippen LogP) is 2.91. The lowest BCUT2D eigenvalue weighted by molar-refractivity contribution is -0.0173.